The Bertz CT molecular complexity index is 474. The molecule has 3 heteroatoms. The number of hydrogen-bond acceptors (Lipinski definition) is 1. The summed E-state index contributed by atoms with van der Waals surface area (Å²) in [6.45, 7) is 2.31. The molecule has 0 atom stereocenters. The van der Waals surface area contributed by atoms with Crippen molar-refractivity contribution in [1.82, 2.24) is 10.3 Å². The Labute approximate surface area is 108 Å². The van der Waals surface area contributed by atoms with Gasteiger partial charge in [0.25, 0.3) is 0 Å². The molecule has 0 bridgehead atoms. The maximum absolute atomic E-state index is 3.54. The lowest BCUT2D eigenvalue weighted by Gasteiger charge is -2.02. The molecule has 1 saturated carbocycles. The van der Waals surface area contributed by atoms with Crippen LogP contribution in [0.3, 0.4) is 0 Å². The van der Waals surface area contributed by atoms with Gasteiger partial charge in [0, 0.05) is 17.1 Å². The van der Waals surface area contributed by atoms with E-state index in [2.05, 4.69) is 40.8 Å². The van der Waals surface area contributed by atoms with Crippen molar-refractivity contribution in [3.05, 3.63) is 36.0 Å². The number of hydrogen-bond donors (Lipinski definition) is 2. The summed E-state index contributed by atoms with van der Waals surface area (Å²) in [6.07, 6.45) is 6.13. The first-order chi connectivity index (χ1) is 7.93. The molecule has 0 spiro atoms. The van der Waals surface area contributed by atoms with E-state index in [4.69, 9.17) is 0 Å². The van der Waals surface area contributed by atoms with Gasteiger partial charge in [0.05, 0.1) is 0 Å². The van der Waals surface area contributed by atoms with Crippen molar-refractivity contribution >= 4 is 23.3 Å². The molecular formula is C14H19ClN2. The first-order valence-corrected chi connectivity index (χ1v) is 6.19. The van der Waals surface area contributed by atoms with E-state index >= 15 is 0 Å². The highest BCUT2D eigenvalue weighted by Crippen LogP contribution is 2.27. The first kappa shape index (κ1) is 12.5. The van der Waals surface area contributed by atoms with Crippen LogP contribution in [0.1, 0.15) is 18.4 Å². The Morgan fingerprint density at radius 2 is 2.06 bits per heavy atom. The molecule has 0 aliphatic heterocycles. The van der Waals surface area contributed by atoms with E-state index < -0.39 is 0 Å². The average Bonchev–Trinajstić information content (AvgIpc) is 3.05. The van der Waals surface area contributed by atoms with E-state index in [9.17, 15) is 0 Å². The largest absolute Gasteiger partial charge is 0.361 e. The number of H-pyrrole nitrogens is 1. The zero-order valence-electron chi connectivity index (χ0n) is 9.91. The van der Waals surface area contributed by atoms with Gasteiger partial charge < -0.3 is 10.3 Å². The molecule has 1 aliphatic rings. The summed E-state index contributed by atoms with van der Waals surface area (Å²) >= 11 is 0. The van der Waals surface area contributed by atoms with E-state index in [0.717, 1.165) is 18.9 Å². The van der Waals surface area contributed by atoms with Crippen LogP contribution >= 0.6 is 12.4 Å². The zero-order chi connectivity index (χ0) is 10.8. The second kappa shape index (κ2) is 5.56. The molecule has 0 amide bonds. The van der Waals surface area contributed by atoms with Crippen LogP contribution in [0.25, 0.3) is 10.9 Å². The summed E-state index contributed by atoms with van der Waals surface area (Å²) < 4.78 is 0. The van der Waals surface area contributed by atoms with Gasteiger partial charge in [-0.05, 0) is 49.9 Å². The monoisotopic (exact) mass is 250 g/mol. The highest BCUT2D eigenvalue weighted by molar-refractivity contribution is 5.85. The predicted octanol–water partition coefficient (Wildman–Crippen LogP) is 3.13. The minimum absolute atomic E-state index is 0. The quantitative estimate of drug-likeness (QED) is 0.784. The van der Waals surface area contributed by atoms with Crippen LogP contribution in [-0.2, 0) is 6.42 Å². The number of aromatic amines is 1. The third-order valence-electron chi connectivity index (χ3n) is 3.38. The van der Waals surface area contributed by atoms with Gasteiger partial charge in [-0.15, -0.1) is 12.4 Å². The van der Waals surface area contributed by atoms with Crippen molar-refractivity contribution in [3.8, 4) is 0 Å². The van der Waals surface area contributed by atoms with Gasteiger partial charge in [-0.1, -0.05) is 18.2 Å². The van der Waals surface area contributed by atoms with Crippen molar-refractivity contribution in [3.63, 3.8) is 0 Å². The minimum Gasteiger partial charge on any atom is -0.361 e. The molecule has 1 aromatic heterocycles. The molecule has 3 rings (SSSR count). The number of benzene rings is 1. The topological polar surface area (TPSA) is 27.8 Å². The zero-order valence-corrected chi connectivity index (χ0v) is 10.7. The van der Waals surface area contributed by atoms with Crippen LogP contribution < -0.4 is 5.32 Å². The van der Waals surface area contributed by atoms with Crippen molar-refractivity contribution in [1.29, 1.82) is 0 Å². The van der Waals surface area contributed by atoms with Crippen LogP contribution in [0, 0.1) is 5.92 Å². The number of fused-ring (bicyclic) bond motifs is 1. The maximum atomic E-state index is 3.54. The third kappa shape index (κ3) is 3.02. The van der Waals surface area contributed by atoms with E-state index in [1.54, 1.807) is 0 Å². The Kier molecular flexibility index (Phi) is 4.08. The van der Waals surface area contributed by atoms with E-state index in [-0.39, 0.29) is 12.4 Å². The van der Waals surface area contributed by atoms with Crippen LogP contribution in [0.2, 0.25) is 0 Å². The Morgan fingerprint density at radius 1 is 1.24 bits per heavy atom. The molecular weight excluding hydrogens is 232 g/mol. The summed E-state index contributed by atoms with van der Waals surface area (Å²) in [5.74, 6) is 0.975. The van der Waals surface area contributed by atoms with Crippen molar-refractivity contribution < 1.29 is 0 Å². The molecule has 0 unspecified atom stereocenters. The van der Waals surface area contributed by atoms with Gasteiger partial charge in [-0.2, -0.15) is 0 Å². The molecule has 17 heavy (non-hydrogen) atoms. The van der Waals surface area contributed by atoms with Crippen LogP contribution in [0.5, 0.6) is 0 Å². The van der Waals surface area contributed by atoms with Crippen molar-refractivity contribution in [2.75, 3.05) is 13.1 Å². The highest BCUT2D eigenvalue weighted by atomic mass is 35.5. The van der Waals surface area contributed by atoms with Gasteiger partial charge in [-0.25, -0.2) is 0 Å². The molecule has 2 aromatic rings. The van der Waals surface area contributed by atoms with Crippen LogP contribution in [-0.4, -0.2) is 18.1 Å². The van der Waals surface area contributed by atoms with E-state index in [1.165, 1.54) is 35.9 Å². The number of rotatable bonds is 5. The lowest BCUT2D eigenvalue weighted by Crippen LogP contribution is -2.19. The smallest absolute Gasteiger partial charge is 0.0456 e. The summed E-state index contributed by atoms with van der Waals surface area (Å²) in [4.78, 5) is 3.32. The lowest BCUT2D eigenvalue weighted by atomic mass is 10.1. The second-order valence-electron chi connectivity index (χ2n) is 4.76. The van der Waals surface area contributed by atoms with Gasteiger partial charge in [0.1, 0.15) is 0 Å². The second-order valence-corrected chi connectivity index (χ2v) is 4.76. The fourth-order valence-corrected chi connectivity index (χ4v) is 2.19. The van der Waals surface area contributed by atoms with Crippen molar-refractivity contribution in [2.24, 2.45) is 5.92 Å². The minimum atomic E-state index is 0. The van der Waals surface area contributed by atoms with E-state index in [0.29, 0.717) is 0 Å². The predicted molar refractivity (Wildman–Crippen MR) is 74.8 cm³/mol. The third-order valence-corrected chi connectivity index (χ3v) is 3.38. The fourth-order valence-electron chi connectivity index (χ4n) is 2.19. The molecule has 2 N–H and O–H groups in total. The highest BCUT2D eigenvalue weighted by Gasteiger charge is 2.19. The Balaban J connectivity index is 0.00000108. The lowest BCUT2D eigenvalue weighted by molar-refractivity contribution is 0.638. The van der Waals surface area contributed by atoms with Gasteiger partial charge in [0.15, 0.2) is 0 Å². The SMILES string of the molecule is Cl.c1ccc2c(CCNCC3CC3)c[nH]c2c1. The molecule has 2 nitrogen and oxygen atoms in total. The molecule has 0 saturated heterocycles. The Morgan fingerprint density at radius 3 is 2.88 bits per heavy atom. The average molecular weight is 251 g/mol. The van der Waals surface area contributed by atoms with Gasteiger partial charge in [-0.3, -0.25) is 0 Å². The summed E-state index contributed by atoms with van der Waals surface area (Å²) in [7, 11) is 0. The van der Waals surface area contributed by atoms with Crippen molar-refractivity contribution in [2.45, 2.75) is 19.3 Å². The molecule has 1 aliphatic carbocycles. The summed E-state index contributed by atoms with van der Waals surface area (Å²) in [6, 6.07) is 8.52. The Hall–Kier alpha value is -0.990. The summed E-state index contributed by atoms with van der Waals surface area (Å²) in [5, 5.41) is 4.91. The number of aromatic nitrogens is 1. The van der Waals surface area contributed by atoms with Gasteiger partial charge >= 0.3 is 0 Å². The van der Waals surface area contributed by atoms with E-state index in [1.807, 2.05) is 0 Å². The van der Waals surface area contributed by atoms with Gasteiger partial charge in [0.2, 0.25) is 0 Å². The van der Waals surface area contributed by atoms with Crippen LogP contribution in [0.15, 0.2) is 30.5 Å². The molecule has 1 heterocycles. The summed E-state index contributed by atoms with van der Waals surface area (Å²) in [5.41, 5.74) is 2.68. The van der Waals surface area contributed by atoms with Crippen LogP contribution in [0.4, 0.5) is 0 Å². The number of halogens is 1. The first-order valence-electron chi connectivity index (χ1n) is 6.19. The molecule has 0 radical (unpaired) electrons. The molecule has 1 aromatic carbocycles. The fraction of sp³-hybridized carbons (Fsp3) is 0.429. The molecule has 1 fully saturated rings. The maximum Gasteiger partial charge on any atom is 0.0456 e. The normalized spacial score (nSPS) is 14.8. The number of para-hydroxylation sites is 1. The number of nitrogens with one attached hydrogen (secondary N) is 2. The molecule has 92 valence electrons. The standard InChI is InChI=1S/C14H18N2.ClH/c1-2-4-14-13(3-1)12(10-16-14)7-8-15-9-11-5-6-11;/h1-4,10-11,15-16H,5-9H2;1H.